The number of carbonyl (C=O) groups excluding carboxylic acids is 2. The van der Waals surface area contributed by atoms with E-state index in [2.05, 4.69) is 15.9 Å². The van der Waals surface area contributed by atoms with Gasteiger partial charge in [0, 0.05) is 10.0 Å². The summed E-state index contributed by atoms with van der Waals surface area (Å²) in [5, 5.41) is 0. The van der Waals surface area contributed by atoms with Gasteiger partial charge in [-0.05, 0) is 36.3 Å². The number of halogens is 1. The van der Waals surface area contributed by atoms with Gasteiger partial charge in [0.05, 0.1) is 11.5 Å². The SMILES string of the molecule is CCCCOC(=O)CN1C(=O)/C(=C/c2cc(Br)ccc2OCc2ccccc2)SC1=S. The number of hydrogen-bond acceptors (Lipinski definition) is 6. The summed E-state index contributed by atoms with van der Waals surface area (Å²) in [6, 6.07) is 15.5. The zero-order chi connectivity index (χ0) is 22.2. The predicted octanol–water partition coefficient (Wildman–Crippen LogP) is 5.57. The number of thioether (sulfide) groups is 1. The number of esters is 1. The molecule has 0 saturated carbocycles. The third-order valence-corrected chi connectivity index (χ3v) is 6.29. The molecule has 31 heavy (non-hydrogen) atoms. The average molecular weight is 520 g/mol. The van der Waals surface area contributed by atoms with E-state index in [1.165, 1.54) is 16.7 Å². The second-order valence-electron chi connectivity index (χ2n) is 6.80. The maximum Gasteiger partial charge on any atom is 0.326 e. The summed E-state index contributed by atoms with van der Waals surface area (Å²) >= 11 is 9.95. The first-order chi connectivity index (χ1) is 15.0. The van der Waals surface area contributed by atoms with Crippen molar-refractivity contribution in [2.45, 2.75) is 26.4 Å². The van der Waals surface area contributed by atoms with Crippen molar-refractivity contribution in [3.8, 4) is 5.75 Å². The van der Waals surface area contributed by atoms with Crippen molar-refractivity contribution in [3.63, 3.8) is 0 Å². The first-order valence-corrected chi connectivity index (χ1v) is 11.9. The molecular weight excluding hydrogens is 498 g/mol. The largest absolute Gasteiger partial charge is 0.488 e. The van der Waals surface area contributed by atoms with Gasteiger partial charge in [0.2, 0.25) is 0 Å². The van der Waals surface area contributed by atoms with Crippen molar-refractivity contribution in [1.82, 2.24) is 4.90 Å². The molecule has 0 spiro atoms. The van der Waals surface area contributed by atoms with Gasteiger partial charge >= 0.3 is 5.97 Å². The van der Waals surface area contributed by atoms with Crippen LogP contribution in [-0.4, -0.2) is 34.2 Å². The number of unbranched alkanes of at least 4 members (excludes halogenated alkanes) is 1. The minimum atomic E-state index is -0.458. The predicted molar refractivity (Wildman–Crippen MR) is 131 cm³/mol. The van der Waals surface area contributed by atoms with Crippen LogP contribution in [0.15, 0.2) is 57.9 Å². The second-order valence-corrected chi connectivity index (χ2v) is 9.39. The molecule has 0 atom stereocenters. The second kappa shape index (κ2) is 11.5. The van der Waals surface area contributed by atoms with Crippen molar-refractivity contribution >= 4 is 62.2 Å². The Hall–Kier alpha value is -2.16. The number of nitrogens with zero attached hydrogens (tertiary/aromatic N) is 1. The monoisotopic (exact) mass is 519 g/mol. The Kier molecular flexibility index (Phi) is 8.69. The summed E-state index contributed by atoms with van der Waals surface area (Å²) in [5.41, 5.74) is 1.79. The van der Waals surface area contributed by atoms with E-state index < -0.39 is 5.97 Å². The fourth-order valence-corrected chi connectivity index (χ4v) is 4.41. The number of hydrogen-bond donors (Lipinski definition) is 0. The van der Waals surface area contributed by atoms with Crippen molar-refractivity contribution in [2.24, 2.45) is 0 Å². The van der Waals surface area contributed by atoms with Gasteiger partial charge < -0.3 is 9.47 Å². The van der Waals surface area contributed by atoms with Gasteiger partial charge in [-0.3, -0.25) is 14.5 Å². The Balaban J connectivity index is 1.73. The van der Waals surface area contributed by atoms with E-state index in [-0.39, 0.29) is 12.5 Å². The number of rotatable bonds is 9. The molecule has 2 aromatic carbocycles. The van der Waals surface area contributed by atoms with Crippen LogP contribution < -0.4 is 4.74 Å². The highest BCUT2D eigenvalue weighted by molar-refractivity contribution is 9.10. The van der Waals surface area contributed by atoms with Gasteiger partial charge in [0.1, 0.15) is 23.2 Å². The Morgan fingerprint density at radius 3 is 2.74 bits per heavy atom. The maximum atomic E-state index is 12.9. The lowest BCUT2D eigenvalue weighted by Crippen LogP contribution is -2.34. The molecule has 3 rings (SSSR count). The molecule has 1 aliphatic heterocycles. The number of ether oxygens (including phenoxy) is 2. The van der Waals surface area contributed by atoms with Gasteiger partial charge in [0.25, 0.3) is 5.91 Å². The lowest BCUT2D eigenvalue weighted by molar-refractivity contribution is -0.146. The summed E-state index contributed by atoms with van der Waals surface area (Å²) in [4.78, 5) is 26.6. The van der Waals surface area contributed by atoms with E-state index in [1.54, 1.807) is 6.08 Å². The van der Waals surface area contributed by atoms with Crippen LogP contribution in [-0.2, 0) is 20.9 Å². The molecule has 8 heteroatoms. The van der Waals surface area contributed by atoms with Crippen LogP contribution in [0.1, 0.15) is 30.9 Å². The number of amides is 1. The van der Waals surface area contributed by atoms with Crippen LogP contribution in [0.3, 0.4) is 0 Å². The zero-order valence-corrected chi connectivity index (χ0v) is 20.2. The molecule has 0 bridgehead atoms. The van der Waals surface area contributed by atoms with E-state index in [4.69, 9.17) is 21.7 Å². The molecular formula is C23H22BrNO4S2. The Labute approximate surface area is 199 Å². The smallest absolute Gasteiger partial charge is 0.326 e. The summed E-state index contributed by atoms with van der Waals surface area (Å²) in [6.07, 6.45) is 3.46. The van der Waals surface area contributed by atoms with Crippen molar-refractivity contribution in [3.05, 3.63) is 69.0 Å². The van der Waals surface area contributed by atoms with Gasteiger partial charge in [-0.25, -0.2) is 0 Å². The third kappa shape index (κ3) is 6.66. The minimum Gasteiger partial charge on any atom is -0.488 e. The molecule has 2 aromatic rings. The van der Waals surface area contributed by atoms with Crippen LogP contribution >= 0.6 is 39.9 Å². The van der Waals surface area contributed by atoms with Crippen LogP contribution in [0, 0.1) is 0 Å². The highest BCUT2D eigenvalue weighted by Gasteiger charge is 2.34. The number of carbonyl (C=O) groups is 2. The van der Waals surface area contributed by atoms with Gasteiger partial charge in [0.15, 0.2) is 0 Å². The lowest BCUT2D eigenvalue weighted by atomic mass is 10.1. The van der Waals surface area contributed by atoms with E-state index >= 15 is 0 Å². The van der Waals surface area contributed by atoms with E-state index in [0.717, 1.165) is 28.4 Å². The normalized spacial score (nSPS) is 14.9. The van der Waals surface area contributed by atoms with E-state index in [1.807, 2.05) is 55.5 Å². The van der Waals surface area contributed by atoms with E-state index in [9.17, 15) is 9.59 Å². The quantitative estimate of drug-likeness (QED) is 0.187. The summed E-state index contributed by atoms with van der Waals surface area (Å²) in [7, 11) is 0. The van der Waals surface area contributed by atoms with Crippen LogP contribution in [0.25, 0.3) is 6.08 Å². The van der Waals surface area contributed by atoms with Crippen LogP contribution in [0.5, 0.6) is 5.75 Å². The van der Waals surface area contributed by atoms with Crippen molar-refractivity contribution in [2.75, 3.05) is 13.2 Å². The Morgan fingerprint density at radius 1 is 1.23 bits per heavy atom. The molecule has 5 nitrogen and oxygen atoms in total. The van der Waals surface area contributed by atoms with Gasteiger partial charge in [-0.1, -0.05) is 83.6 Å². The highest BCUT2D eigenvalue weighted by atomic mass is 79.9. The van der Waals surface area contributed by atoms with Crippen molar-refractivity contribution in [1.29, 1.82) is 0 Å². The Bertz CT molecular complexity index is 994. The molecule has 0 unspecified atom stereocenters. The first-order valence-electron chi connectivity index (χ1n) is 9.85. The average Bonchev–Trinajstić information content (AvgIpc) is 3.01. The molecule has 1 fully saturated rings. The molecule has 0 aliphatic carbocycles. The molecule has 0 aromatic heterocycles. The molecule has 1 saturated heterocycles. The van der Waals surface area contributed by atoms with Gasteiger partial charge in [-0.15, -0.1) is 0 Å². The van der Waals surface area contributed by atoms with Crippen LogP contribution in [0.4, 0.5) is 0 Å². The zero-order valence-electron chi connectivity index (χ0n) is 17.0. The number of thiocarbonyl (C=S) groups is 1. The fraction of sp³-hybridized carbons (Fsp3) is 0.261. The van der Waals surface area contributed by atoms with Crippen LogP contribution in [0.2, 0.25) is 0 Å². The number of benzene rings is 2. The minimum absolute atomic E-state index is 0.179. The molecule has 0 N–H and O–H groups in total. The first kappa shape index (κ1) is 23.5. The summed E-state index contributed by atoms with van der Waals surface area (Å²) in [6.45, 7) is 2.59. The lowest BCUT2D eigenvalue weighted by Gasteiger charge is -2.13. The standard InChI is InChI=1S/C23H22BrNO4S2/c1-2-3-11-28-21(26)14-25-22(27)20(31-23(25)30)13-17-12-18(24)9-10-19(17)29-15-16-7-5-4-6-8-16/h4-10,12-13H,2-3,11,14-15H2,1H3/b20-13-. The molecule has 1 amide bonds. The summed E-state index contributed by atoms with van der Waals surface area (Å²) in [5.74, 6) is -0.118. The molecule has 162 valence electrons. The Morgan fingerprint density at radius 2 is 2.00 bits per heavy atom. The highest BCUT2D eigenvalue weighted by Crippen LogP contribution is 2.35. The fourth-order valence-electron chi connectivity index (χ4n) is 2.78. The molecule has 1 heterocycles. The molecule has 0 radical (unpaired) electrons. The maximum absolute atomic E-state index is 12.9. The van der Waals surface area contributed by atoms with E-state index in [0.29, 0.717) is 28.2 Å². The summed E-state index contributed by atoms with van der Waals surface area (Å²) < 4.78 is 12.3. The van der Waals surface area contributed by atoms with Crippen molar-refractivity contribution < 1.29 is 19.1 Å². The van der Waals surface area contributed by atoms with Gasteiger partial charge in [-0.2, -0.15) is 0 Å². The topological polar surface area (TPSA) is 55.8 Å². The molecule has 1 aliphatic rings. The third-order valence-electron chi connectivity index (χ3n) is 4.42.